The zero-order chi connectivity index (χ0) is 22.6. The highest BCUT2D eigenvalue weighted by Gasteiger charge is 2.38. The first-order chi connectivity index (χ1) is 15.4. The van der Waals surface area contributed by atoms with Gasteiger partial charge in [-0.3, -0.25) is 4.79 Å². The van der Waals surface area contributed by atoms with Crippen LogP contribution in [0, 0.1) is 11.7 Å². The Labute approximate surface area is 193 Å². The number of carbonyl (C=O) groups excluding carboxylic acids is 1. The van der Waals surface area contributed by atoms with Crippen molar-refractivity contribution in [1.82, 2.24) is 4.37 Å². The van der Waals surface area contributed by atoms with Gasteiger partial charge < -0.3 is 10.0 Å². The van der Waals surface area contributed by atoms with Gasteiger partial charge >= 0.3 is 0 Å². The van der Waals surface area contributed by atoms with Gasteiger partial charge in [0.2, 0.25) is 0 Å². The molecule has 3 aromatic carbocycles. The lowest BCUT2D eigenvalue weighted by atomic mass is 9.85. The van der Waals surface area contributed by atoms with E-state index in [2.05, 4.69) is 22.8 Å². The van der Waals surface area contributed by atoms with Crippen molar-refractivity contribution in [1.29, 1.82) is 0 Å². The van der Waals surface area contributed by atoms with E-state index in [1.165, 1.54) is 23.7 Å². The van der Waals surface area contributed by atoms with Gasteiger partial charge in [0.25, 0.3) is 0 Å². The van der Waals surface area contributed by atoms with E-state index in [-0.39, 0.29) is 39.6 Å². The molecule has 7 heteroatoms. The standard InChI is InChI=1S/C25H20ClFN2O2S/c1-3-16(30)9-15-12-29(13(15)2)25-20-11-21(26)22(23(27)24(20)28-32-25)19-10-17(31)8-14-6-4-5-7-18(14)19/h3-8,10-11,13,15,31H,1,9,12H2,2H3/t13-,15+/m0/s1. The smallest absolute Gasteiger partial charge is 0.159 e. The van der Waals surface area contributed by atoms with Crippen molar-refractivity contribution < 1.29 is 14.3 Å². The fourth-order valence-corrected chi connectivity index (χ4v) is 5.74. The molecular formula is C25H20ClFN2O2S. The van der Waals surface area contributed by atoms with E-state index in [9.17, 15) is 9.90 Å². The fourth-order valence-electron chi connectivity index (χ4n) is 4.49. The Morgan fingerprint density at radius 3 is 2.88 bits per heavy atom. The predicted molar refractivity (Wildman–Crippen MR) is 129 cm³/mol. The van der Waals surface area contributed by atoms with Crippen LogP contribution in [0.1, 0.15) is 13.3 Å². The van der Waals surface area contributed by atoms with E-state index in [4.69, 9.17) is 11.6 Å². The van der Waals surface area contributed by atoms with Crippen molar-refractivity contribution >= 4 is 55.6 Å². The van der Waals surface area contributed by atoms with Crippen LogP contribution in [0.2, 0.25) is 5.02 Å². The molecule has 1 saturated heterocycles. The summed E-state index contributed by atoms with van der Waals surface area (Å²) in [4.78, 5) is 13.9. The van der Waals surface area contributed by atoms with Gasteiger partial charge in [-0.15, -0.1) is 0 Å². The number of halogens is 2. The molecule has 0 bridgehead atoms. The largest absolute Gasteiger partial charge is 0.508 e. The van der Waals surface area contributed by atoms with Gasteiger partial charge in [0.1, 0.15) is 16.3 Å². The molecule has 1 aromatic heterocycles. The number of benzene rings is 3. The minimum absolute atomic E-state index is 0.0349. The second kappa shape index (κ2) is 7.87. The number of hydrogen-bond donors (Lipinski definition) is 1. The number of nitrogens with zero attached hydrogens (tertiary/aromatic N) is 2. The number of anilines is 1. The molecule has 0 amide bonds. The Bertz CT molecular complexity index is 1400. The number of ketones is 1. The highest BCUT2D eigenvalue weighted by molar-refractivity contribution is 7.11. The number of phenolic OH excluding ortho intramolecular Hbond substituents is 1. The minimum atomic E-state index is -0.502. The highest BCUT2D eigenvalue weighted by atomic mass is 35.5. The minimum Gasteiger partial charge on any atom is -0.508 e. The maximum absolute atomic E-state index is 15.8. The molecule has 1 aliphatic heterocycles. The molecule has 0 aliphatic carbocycles. The average molecular weight is 467 g/mol. The zero-order valence-electron chi connectivity index (χ0n) is 17.3. The van der Waals surface area contributed by atoms with Crippen molar-refractivity contribution in [3.05, 3.63) is 66.0 Å². The van der Waals surface area contributed by atoms with Crippen LogP contribution in [0.15, 0.2) is 55.1 Å². The van der Waals surface area contributed by atoms with Crippen LogP contribution in [0.4, 0.5) is 9.39 Å². The number of fused-ring (bicyclic) bond motifs is 2. The number of allylic oxidation sites excluding steroid dienone is 1. The lowest BCUT2D eigenvalue weighted by molar-refractivity contribution is -0.115. The number of aromatic hydroxyl groups is 1. The summed E-state index contributed by atoms with van der Waals surface area (Å²) in [5, 5.41) is 13.6. The number of aromatic nitrogens is 1. The lowest BCUT2D eigenvalue weighted by Crippen LogP contribution is -2.55. The molecule has 2 atom stereocenters. The monoisotopic (exact) mass is 466 g/mol. The molecule has 32 heavy (non-hydrogen) atoms. The third kappa shape index (κ3) is 3.26. The van der Waals surface area contributed by atoms with E-state index in [0.29, 0.717) is 23.9 Å². The molecule has 0 spiro atoms. The summed E-state index contributed by atoms with van der Waals surface area (Å²) in [6, 6.07) is 12.5. The van der Waals surface area contributed by atoms with Crippen molar-refractivity contribution in [2.45, 2.75) is 19.4 Å². The molecule has 4 aromatic rings. The molecule has 0 radical (unpaired) electrons. The van der Waals surface area contributed by atoms with Crippen LogP contribution in [0.3, 0.4) is 0 Å². The first-order valence-corrected chi connectivity index (χ1v) is 11.5. The van der Waals surface area contributed by atoms with Gasteiger partial charge in [0.15, 0.2) is 11.6 Å². The van der Waals surface area contributed by atoms with Gasteiger partial charge in [-0.1, -0.05) is 42.4 Å². The summed E-state index contributed by atoms with van der Waals surface area (Å²) in [6.45, 7) is 6.30. The molecule has 5 rings (SSSR count). The van der Waals surface area contributed by atoms with Gasteiger partial charge in [-0.25, -0.2) is 4.39 Å². The van der Waals surface area contributed by atoms with E-state index < -0.39 is 5.82 Å². The van der Waals surface area contributed by atoms with Crippen LogP contribution in [0.25, 0.3) is 32.8 Å². The van der Waals surface area contributed by atoms with Crippen LogP contribution < -0.4 is 4.90 Å². The Morgan fingerprint density at radius 2 is 2.12 bits per heavy atom. The van der Waals surface area contributed by atoms with Gasteiger partial charge in [-0.05, 0) is 59.1 Å². The Hall–Kier alpha value is -2.96. The summed E-state index contributed by atoms with van der Waals surface area (Å²) >= 11 is 7.86. The molecule has 0 saturated carbocycles. The van der Waals surface area contributed by atoms with Gasteiger partial charge in [0, 0.05) is 35.9 Å². The van der Waals surface area contributed by atoms with Gasteiger partial charge in [0.05, 0.1) is 5.02 Å². The molecule has 1 fully saturated rings. The lowest BCUT2D eigenvalue weighted by Gasteiger charge is -2.47. The summed E-state index contributed by atoms with van der Waals surface area (Å²) < 4.78 is 20.2. The summed E-state index contributed by atoms with van der Waals surface area (Å²) in [7, 11) is 0. The third-order valence-electron chi connectivity index (χ3n) is 6.32. The molecule has 162 valence electrons. The molecule has 1 N–H and O–H groups in total. The summed E-state index contributed by atoms with van der Waals surface area (Å²) in [6.07, 6.45) is 1.82. The average Bonchev–Trinajstić information content (AvgIpc) is 3.18. The fraction of sp³-hybridized carbons (Fsp3) is 0.200. The first-order valence-electron chi connectivity index (χ1n) is 10.3. The summed E-state index contributed by atoms with van der Waals surface area (Å²) in [5.74, 6) is -0.191. The number of hydrogen-bond acceptors (Lipinski definition) is 5. The maximum atomic E-state index is 15.8. The topological polar surface area (TPSA) is 53.4 Å². The second-order valence-corrected chi connectivity index (χ2v) is 9.33. The maximum Gasteiger partial charge on any atom is 0.159 e. The molecule has 0 unspecified atom stereocenters. The van der Waals surface area contributed by atoms with E-state index in [0.717, 1.165) is 15.8 Å². The second-order valence-electron chi connectivity index (χ2n) is 8.17. The Balaban J connectivity index is 1.59. The number of rotatable bonds is 5. The highest BCUT2D eigenvalue weighted by Crippen LogP contribution is 2.46. The zero-order valence-corrected chi connectivity index (χ0v) is 18.9. The predicted octanol–water partition coefficient (Wildman–Crippen LogP) is 6.58. The van der Waals surface area contributed by atoms with E-state index in [1.54, 1.807) is 12.1 Å². The SMILES string of the molecule is C=CC(=O)C[C@@H]1CN(c2snc3c(F)c(-c4cc(O)cc5ccccc45)c(Cl)cc23)[C@H]1C. The van der Waals surface area contributed by atoms with Crippen molar-refractivity contribution in [2.75, 3.05) is 11.4 Å². The quantitative estimate of drug-likeness (QED) is 0.337. The van der Waals surface area contributed by atoms with Crippen molar-refractivity contribution in [3.8, 4) is 16.9 Å². The first kappa shape index (κ1) is 20.9. The van der Waals surface area contributed by atoms with Crippen LogP contribution in [-0.2, 0) is 4.79 Å². The molecule has 1 aliphatic rings. The molecule has 2 heterocycles. The Morgan fingerprint density at radius 1 is 1.34 bits per heavy atom. The third-order valence-corrected chi connectivity index (χ3v) is 7.52. The normalized spacial score (nSPS) is 18.2. The molecular weight excluding hydrogens is 447 g/mol. The van der Waals surface area contributed by atoms with Crippen molar-refractivity contribution in [3.63, 3.8) is 0 Å². The molecule has 4 nitrogen and oxygen atoms in total. The van der Waals surface area contributed by atoms with E-state index in [1.807, 2.05) is 24.3 Å². The number of carbonyl (C=O) groups is 1. The van der Waals surface area contributed by atoms with Crippen molar-refractivity contribution in [2.24, 2.45) is 5.92 Å². The Kier molecular flexibility index (Phi) is 5.14. The van der Waals surface area contributed by atoms with Crippen LogP contribution in [0.5, 0.6) is 5.75 Å². The van der Waals surface area contributed by atoms with Crippen LogP contribution in [-0.4, -0.2) is 27.8 Å². The van der Waals surface area contributed by atoms with Crippen LogP contribution >= 0.6 is 23.1 Å². The van der Waals surface area contributed by atoms with E-state index >= 15 is 4.39 Å². The summed E-state index contributed by atoms with van der Waals surface area (Å²) in [5.41, 5.74) is 1.02. The number of phenols is 1. The van der Waals surface area contributed by atoms with Gasteiger partial charge in [-0.2, -0.15) is 4.37 Å².